The Labute approximate surface area is 93.5 Å². The van der Waals surface area contributed by atoms with Crippen LogP contribution in [0, 0.1) is 6.92 Å². The molecular weight excluding hydrogens is 210 g/mol. The van der Waals surface area contributed by atoms with Gasteiger partial charge in [0.05, 0.1) is 11.9 Å². The van der Waals surface area contributed by atoms with Crippen molar-refractivity contribution < 1.29 is 0 Å². The summed E-state index contributed by atoms with van der Waals surface area (Å²) in [7, 11) is 0. The standard InChI is InChI=1S/C11H12ClN3/c1-8-6-14-15(7-8)11-4-10(12)3-2-9(11)5-13/h2-4,6-7H,5,13H2,1H3. The molecule has 2 rings (SSSR count). The van der Waals surface area contributed by atoms with E-state index in [2.05, 4.69) is 5.10 Å². The van der Waals surface area contributed by atoms with Crippen LogP contribution < -0.4 is 5.73 Å². The molecule has 4 heteroatoms. The Bertz CT molecular complexity index is 476. The summed E-state index contributed by atoms with van der Waals surface area (Å²) in [6, 6.07) is 5.63. The molecular formula is C11H12ClN3. The van der Waals surface area contributed by atoms with E-state index in [1.165, 1.54) is 0 Å². The molecule has 0 bridgehead atoms. The van der Waals surface area contributed by atoms with Crippen LogP contribution in [-0.4, -0.2) is 9.78 Å². The van der Waals surface area contributed by atoms with E-state index in [1.54, 1.807) is 10.9 Å². The van der Waals surface area contributed by atoms with Crippen molar-refractivity contribution in [2.24, 2.45) is 5.73 Å². The van der Waals surface area contributed by atoms with Crippen LogP contribution in [0.1, 0.15) is 11.1 Å². The van der Waals surface area contributed by atoms with Gasteiger partial charge in [0.15, 0.2) is 0 Å². The number of aryl methyl sites for hydroxylation is 1. The minimum Gasteiger partial charge on any atom is -0.326 e. The smallest absolute Gasteiger partial charge is 0.0705 e. The van der Waals surface area contributed by atoms with Crippen LogP contribution in [0.15, 0.2) is 30.6 Å². The van der Waals surface area contributed by atoms with Gasteiger partial charge in [-0.25, -0.2) is 4.68 Å². The number of aromatic nitrogens is 2. The second-order valence-electron chi connectivity index (χ2n) is 3.44. The van der Waals surface area contributed by atoms with Crippen molar-refractivity contribution in [1.82, 2.24) is 9.78 Å². The molecule has 1 aromatic heterocycles. The van der Waals surface area contributed by atoms with E-state index in [1.807, 2.05) is 31.3 Å². The van der Waals surface area contributed by atoms with E-state index in [9.17, 15) is 0 Å². The molecule has 3 nitrogen and oxygen atoms in total. The normalized spacial score (nSPS) is 10.6. The first kappa shape index (κ1) is 10.2. The Morgan fingerprint density at radius 2 is 2.27 bits per heavy atom. The van der Waals surface area contributed by atoms with E-state index in [-0.39, 0.29) is 0 Å². The van der Waals surface area contributed by atoms with Crippen LogP contribution in [0.25, 0.3) is 5.69 Å². The molecule has 0 fully saturated rings. The van der Waals surface area contributed by atoms with Crippen molar-refractivity contribution in [3.8, 4) is 5.69 Å². The third-order valence-corrected chi connectivity index (χ3v) is 2.46. The van der Waals surface area contributed by atoms with Crippen LogP contribution in [0.5, 0.6) is 0 Å². The maximum absolute atomic E-state index is 5.95. The van der Waals surface area contributed by atoms with Crippen molar-refractivity contribution in [3.63, 3.8) is 0 Å². The molecule has 0 aliphatic heterocycles. The van der Waals surface area contributed by atoms with Crippen LogP contribution in [0.2, 0.25) is 5.02 Å². The average Bonchev–Trinajstić information content (AvgIpc) is 2.65. The van der Waals surface area contributed by atoms with E-state index in [0.29, 0.717) is 11.6 Å². The monoisotopic (exact) mass is 221 g/mol. The number of nitrogens with zero attached hydrogens (tertiary/aromatic N) is 2. The highest BCUT2D eigenvalue weighted by Crippen LogP contribution is 2.19. The van der Waals surface area contributed by atoms with Crippen molar-refractivity contribution in [2.75, 3.05) is 0 Å². The van der Waals surface area contributed by atoms with Gasteiger partial charge in [0, 0.05) is 17.8 Å². The zero-order valence-corrected chi connectivity index (χ0v) is 9.20. The van der Waals surface area contributed by atoms with Crippen molar-refractivity contribution in [3.05, 3.63) is 46.7 Å². The number of hydrogen-bond acceptors (Lipinski definition) is 2. The first-order valence-corrected chi connectivity index (χ1v) is 5.08. The summed E-state index contributed by atoms with van der Waals surface area (Å²) < 4.78 is 1.80. The summed E-state index contributed by atoms with van der Waals surface area (Å²) in [5, 5.41) is 4.93. The van der Waals surface area contributed by atoms with Gasteiger partial charge in [-0.3, -0.25) is 0 Å². The summed E-state index contributed by atoms with van der Waals surface area (Å²) in [5.74, 6) is 0. The fraction of sp³-hybridized carbons (Fsp3) is 0.182. The van der Waals surface area contributed by atoms with Crippen LogP contribution in [0.3, 0.4) is 0 Å². The molecule has 0 aliphatic carbocycles. The van der Waals surface area contributed by atoms with Crippen LogP contribution >= 0.6 is 11.6 Å². The maximum atomic E-state index is 5.95. The molecule has 0 saturated heterocycles. The summed E-state index contributed by atoms with van der Waals surface area (Å²) in [6.45, 7) is 2.47. The summed E-state index contributed by atoms with van der Waals surface area (Å²) in [5.41, 5.74) is 8.74. The van der Waals surface area contributed by atoms with Crippen molar-refractivity contribution >= 4 is 11.6 Å². The van der Waals surface area contributed by atoms with Gasteiger partial charge >= 0.3 is 0 Å². The summed E-state index contributed by atoms with van der Waals surface area (Å²) in [4.78, 5) is 0. The second kappa shape index (κ2) is 4.04. The zero-order valence-electron chi connectivity index (χ0n) is 8.44. The molecule has 0 aliphatic rings. The highest BCUT2D eigenvalue weighted by molar-refractivity contribution is 6.30. The van der Waals surface area contributed by atoms with E-state index < -0.39 is 0 Å². The molecule has 0 saturated carbocycles. The van der Waals surface area contributed by atoms with Gasteiger partial charge in [0.2, 0.25) is 0 Å². The molecule has 2 aromatic rings. The van der Waals surface area contributed by atoms with Crippen LogP contribution in [-0.2, 0) is 6.54 Å². The SMILES string of the molecule is Cc1cnn(-c2cc(Cl)ccc2CN)c1. The number of benzene rings is 1. The van der Waals surface area contributed by atoms with E-state index in [4.69, 9.17) is 17.3 Å². The minimum atomic E-state index is 0.478. The Balaban J connectivity index is 2.55. The summed E-state index contributed by atoms with van der Waals surface area (Å²) >= 11 is 5.95. The van der Waals surface area contributed by atoms with Crippen LogP contribution in [0.4, 0.5) is 0 Å². The molecule has 0 unspecified atom stereocenters. The van der Waals surface area contributed by atoms with Gasteiger partial charge in [0.25, 0.3) is 0 Å². The van der Waals surface area contributed by atoms with Gasteiger partial charge in [-0.15, -0.1) is 0 Å². The molecule has 0 radical (unpaired) electrons. The lowest BCUT2D eigenvalue weighted by Gasteiger charge is -2.07. The molecule has 0 atom stereocenters. The molecule has 0 spiro atoms. The van der Waals surface area contributed by atoms with Gasteiger partial charge in [-0.2, -0.15) is 5.10 Å². The molecule has 78 valence electrons. The Morgan fingerprint density at radius 1 is 1.47 bits per heavy atom. The number of halogens is 1. The predicted molar refractivity (Wildman–Crippen MR) is 61.2 cm³/mol. The van der Waals surface area contributed by atoms with Gasteiger partial charge < -0.3 is 5.73 Å². The molecule has 2 N–H and O–H groups in total. The molecule has 15 heavy (non-hydrogen) atoms. The van der Waals surface area contributed by atoms with Gasteiger partial charge in [-0.05, 0) is 30.2 Å². The Morgan fingerprint density at radius 3 is 2.87 bits per heavy atom. The maximum Gasteiger partial charge on any atom is 0.0705 e. The first-order valence-electron chi connectivity index (χ1n) is 4.71. The molecule has 1 aromatic carbocycles. The third kappa shape index (κ3) is 2.03. The number of rotatable bonds is 2. The zero-order chi connectivity index (χ0) is 10.8. The van der Waals surface area contributed by atoms with Crippen molar-refractivity contribution in [2.45, 2.75) is 13.5 Å². The Kier molecular flexibility index (Phi) is 2.75. The van der Waals surface area contributed by atoms with Gasteiger partial charge in [0.1, 0.15) is 0 Å². The second-order valence-corrected chi connectivity index (χ2v) is 3.88. The number of hydrogen-bond donors (Lipinski definition) is 1. The lowest BCUT2D eigenvalue weighted by molar-refractivity contribution is 0.858. The first-order chi connectivity index (χ1) is 7.20. The third-order valence-electron chi connectivity index (χ3n) is 2.23. The quantitative estimate of drug-likeness (QED) is 0.846. The van der Waals surface area contributed by atoms with Crippen molar-refractivity contribution in [1.29, 1.82) is 0 Å². The minimum absolute atomic E-state index is 0.478. The van der Waals surface area contributed by atoms with E-state index >= 15 is 0 Å². The highest BCUT2D eigenvalue weighted by atomic mass is 35.5. The largest absolute Gasteiger partial charge is 0.326 e. The number of nitrogens with two attached hydrogens (primary N) is 1. The lowest BCUT2D eigenvalue weighted by atomic mass is 10.2. The fourth-order valence-electron chi connectivity index (χ4n) is 1.47. The molecule has 0 amide bonds. The van der Waals surface area contributed by atoms with E-state index in [0.717, 1.165) is 16.8 Å². The average molecular weight is 222 g/mol. The fourth-order valence-corrected chi connectivity index (χ4v) is 1.63. The topological polar surface area (TPSA) is 43.8 Å². The lowest BCUT2D eigenvalue weighted by Crippen LogP contribution is -2.04. The molecule has 1 heterocycles. The highest BCUT2D eigenvalue weighted by Gasteiger charge is 2.05. The predicted octanol–water partition coefficient (Wildman–Crippen LogP) is 2.29. The van der Waals surface area contributed by atoms with Gasteiger partial charge in [-0.1, -0.05) is 17.7 Å². The summed E-state index contributed by atoms with van der Waals surface area (Å²) in [6.07, 6.45) is 3.76. The Hall–Kier alpha value is -1.32.